The molecule has 0 fully saturated rings. The first-order valence-electron chi connectivity index (χ1n) is 8.81. The van der Waals surface area contributed by atoms with Crippen molar-refractivity contribution in [1.29, 1.82) is 0 Å². The number of carbonyl (C=O) groups is 3. The van der Waals surface area contributed by atoms with Crippen molar-refractivity contribution >= 4 is 18.2 Å². The number of carboxylic acids is 1. The van der Waals surface area contributed by atoms with Crippen molar-refractivity contribution in [2.24, 2.45) is 0 Å². The minimum Gasteiger partial charge on any atom is -0.480 e. The van der Waals surface area contributed by atoms with E-state index in [2.05, 4.69) is 10.6 Å². The molecule has 1 atom stereocenters. The largest absolute Gasteiger partial charge is 0.480 e. The fraction of sp³-hybridized carbons (Fsp3) is 0.250. The summed E-state index contributed by atoms with van der Waals surface area (Å²) < 4.78 is 10.1. The highest BCUT2D eigenvalue weighted by atomic mass is 16.6. The number of carboxylic acid groups (broad SMARTS) is 1. The number of benzene rings is 2. The molecule has 2 amide bonds. The molecule has 8 heteroatoms. The molecule has 0 aromatic heterocycles. The third-order valence-electron chi connectivity index (χ3n) is 3.69. The van der Waals surface area contributed by atoms with E-state index in [1.165, 1.54) is 0 Å². The molecule has 0 saturated carbocycles. The quantitative estimate of drug-likeness (QED) is 0.570. The Bertz CT molecular complexity index is 767. The average molecular weight is 386 g/mol. The second-order valence-electron chi connectivity index (χ2n) is 5.86. The van der Waals surface area contributed by atoms with Gasteiger partial charge in [-0.3, -0.25) is 0 Å². The van der Waals surface area contributed by atoms with E-state index in [-0.39, 0.29) is 6.42 Å². The van der Waals surface area contributed by atoms with Crippen molar-refractivity contribution in [3.8, 4) is 11.5 Å². The molecule has 0 heterocycles. The van der Waals surface area contributed by atoms with Gasteiger partial charge >= 0.3 is 18.2 Å². The number of para-hydroxylation sites is 2. The van der Waals surface area contributed by atoms with Crippen LogP contribution in [-0.4, -0.2) is 35.8 Å². The van der Waals surface area contributed by atoms with Gasteiger partial charge in [-0.25, -0.2) is 14.4 Å². The van der Waals surface area contributed by atoms with Crippen LogP contribution in [0.4, 0.5) is 9.59 Å². The summed E-state index contributed by atoms with van der Waals surface area (Å²) in [4.78, 5) is 34.7. The highest BCUT2D eigenvalue weighted by molar-refractivity contribution is 5.80. The molecule has 2 aromatic rings. The van der Waals surface area contributed by atoms with Crippen LogP contribution in [0.25, 0.3) is 0 Å². The lowest BCUT2D eigenvalue weighted by molar-refractivity contribution is -0.139. The molecule has 3 N–H and O–H groups in total. The van der Waals surface area contributed by atoms with Crippen molar-refractivity contribution in [3.63, 3.8) is 0 Å². The van der Waals surface area contributed by atoms with E-state index in [4.69, 9.17) is 9.47 Å². The molecule has 0 radical (unpaired) electrons. The number of carbonyl (C=O) groups excluding carboxylic acids is 2. The first-order valence-corrected chi connectivity index (χ1v) is 8.81. The molecule has 2 aromatic carbocycles. The normalized spacial score (nSPS) is 11.1. The fourth-order valence-electron chi connectivity index (χ4n) is 2.32. The maximum atomic E-state index is 11.8. The lowest BCUT2D eigenvalue weighted by atomic mass is 10.1. The van der Waals surface area contributed by atoms with Gasteiger partial charge in [0.1, 0.15) is 17.5 Å². The number of unbranched alkanes of at least 4 members (excludes halogenated alkanes) is 1. The van der Waals surface area contributed by atoms with E-state index in [0.29, 0.717) is 30.9 Å². The Morgan fingerprint density at radius 3 is 1.89 bits per heavy atom. The minimum atomic E-state index is -1.15. The monoisotopic (exact) mass is 386 g/mol. The van der Waals surface area contributed by atoms with Gasteiger partial charge in [-0.2, -0.15) is 0 Å². The lowest BCUT2D eigenvalue weighted by Crippen LogP contribution is -2.42. The van der Waals surface area contributed by atoms with Crippen LogP contribution in [0.2, 0.25) is 0 Å². The van der Waals surface area contributed by atoms with Gasteiger partial charge in [-0.1, -0.05) is 36.4 Å². The van der Waals surface area contributed by atoms with Gasteiger partial charge in [0.2, 0.25) is 0 Å². The number of ether oxygens (including phenoxy) is 2. The molecule has 0 spiro atoms. The molecule has 28 heavy (non-hydrogen) atoms. The fourth-order valence-corrected chi connectivity index (χ4v) is 2.32. The Balaban J connectivity index is 1.65. The Labute approximate surface area is 162 Å². The van der Waals surface area contributed by atoms with Gasteiger partial charge in [-0.05, 0) is 43.5 Å². The number of rotatable bonds is 9. The molecule has 148 valence electrons. The SMILES string of the molecule is O=C(NCCCCC(NC(=O)Oc1ccccc1)C(=O)O)Oc1ccccc1. The third-order valence-corrected chi connectivity index (χ3v) is 3.69. The summed E-state index contributed by atoms with van der Waals surface area (Å²) in [7, 11) is 0. The predicted octanol–water partition coefficient (Wildman–Crippen LogP) is 3.19. The van der Waals surface area contributed by atoms with Gasteiger partial charge < -0.3 is 25.2 Å². The summed E-state index contributed by atoms with van der Waals surface area (Å²) >= 11 is 0. The molecule has 0 bridgehead atoms. The standard InChI is InChI=1S/C20H22N2O6/c23-18(24)17(22-20(26)28-16-11-5-2-6-12-16)13-7-8-14-21-19(25)27-15-9-3-1-4-10-15/h1-6,9-12,17H,7-8,13-14H2,(H,21,25)(H,22,26)(H,23,24). The topological polar surface area (TPSA) is 114 Å². The van der Waals surface area contributed by atoms with Gasteiger partial charge in [0.05, 0.1) is 0 Å². The van der Waals surface area contributed by atoms with E-state index in [9.17, 15) is 19.5 Å². The summed E-state index contributed by atoms with van der Waals surface area (Å²) in [6, 6.07) is 15.9. The maximum absolute atomic E-state index is 11.8. The van der Waals surface area contributed by atoms with Crippen molar-refractivity contribution in [3.05, 3.63) is 60.7 Å². The predicted molar refractivity (Wildman–Crippen MR) is 101 cm³/mol. The molecule has 0 aliphatic carbocycles. The summed E-state index contributed by atoms with van der Waals surface area (Å²) in [5.41, 5.74) is 0. The highest BCUT2D eigenvalue weighted by Crippen LogP contribution is 2.10. The molecule has 8 nitrogen and oxygen atoms in total. The smallest absolute Gasteiger partial charge is 0.413 e. The van der Waals surface area contributed by atoms with E-state index in [1.54, 1.807) is 54.6 Å². The number of hydrogen-bond acceptors (Lipinski definition) is 5. The van der Waals surface area contributed by atoms with Gasteiger partial charge in [0, 0.05) is 6.54 Å². The highest BCUT2D eigenvalue weighted by Gasteiger charge is 2.20. The van der Waals surface area contributed by atoms with Gasteiger partial charge in [-0.15, -0.1) is 0 Å². The number of aliphatic carboxylic acids is 1. The van der Waals surface area contributed by atoms with E-state index in [1.807, 2.05) is 6.07 Å². The first-order chi connectivity index (χ1) is 13.5. The molecule has 0 saturated heterocycles. The number of amides is 2. The molecular weight excluding hydrogens is 364 g/mol. The van der Waals surface area contributed by atoms with Crippen LogP contribution in [0.15, 0.2) is 60.7 Å². The average Bonchev–Trinajstić information content (AvgIpc) is 2.68. The van der Waals surface area contributed by atoms with E-state index < -0.39 is 24.2 Å². The number of hydrogen-bond donors (Lipinski definition) is 3. The molecule has 0 aliphatic rings. The molecule has 1 unspecified atom stereocenters. The summed E-state index contributed by atoms with van der Waals surface area (Å²) in [5, 5.41) is 14.1. The van der Waals surface area contributed by atoms with E-state index in [0.717, 1.165) is 0 Å². The van der Waals surface area contributed by atoms with Crippen molar-refractivity contribution in [1.82, 2.24) is 10.6 Å². The summed E-state index contributed by atoms with van der Waals surface area (Å²) in [5.74, 6) is -0.390. The zero-order chi connectivity index (χ0) is 20.2. The Hall–Kier alpha value is -3.55. The van der Waals surface area contributed by atoms with Crippen molar-refractivity contribution in [2.75, 3.05) is 6.54 Å². The first kappa shape index (κ1) is 20.8. The van der Waals surface area contributed by atoms with Gasteiger partial charge in [0.15, 0.2) is 0 Å². The molecular formula is C20H22N2O6. The van der Waals surface area contributed by atoms with Crippen LogP contribution in [0.5, 0.6) is 11.5 Å². The van der Waals surface area contributed by atoms with Crippen LogP contribution >= 0.6 is 0 Å². The molecule has 0 aliphatic heterocycles. The Morgan fingerprint density at radius 1 is 0.821 bits per heavy atom. The Kier molecular flexibility index (Phi) is 8.32. The Morgan fingerprint density at radius 2 is 1.36 bits per heavy atom. The van der Waals surface area contributed by atoms with Crippen LogP contribution in [0.1, 0.15) is 19.3 Å². The lowest BCUT2D eigenvalue weighted by Gasteiger charge is -2.14. The van der Waals surface area contributed by atoms with Gasteiger partial charge in [0.25, 0.3) is 0 Å². The second kappa shape index (κ2) is 11.2. The third kappa shape index (κ3) is 7.77. The zero-order valence-corrected chi connectivity index (χ0v) is 15.2. The van der Waals surface area contributed by atoms with Crippen molar-refractivity contribution < 1.29 is 29.0 Å². The second-order valence-corrected chi connectivity index (χ2v) is 5.86. The van der Waals surface area contributed by atoms with Crippen LogP contribution in [-0.2, 0) is 4.79 Å². The maximum Gasteiger partial charge on any atom is 0.413 e. The number of nitrogens with one attached hydrogen (secondary N) is 2. The van der Waals surface area contributed by atoms with Crippen LogP contribution in [0.3, 0.4) is 0 Å². The zero-order valence-electron chi connectivity index (χ0n) is 15.2. The summed E-state index contributed by atoms with van der Waals surface area (Å²) in [6.07, 6.45) is -0.194. The molecule has 2 rings (SSSR count). The minimum absolute atomic E-state index is 0.203. The van der Waals surface area contributed by atoms with E-state index >= 15 is 0 Å². The van der Waals surface area contributed by atoms with Crippen LogP contribution in [0, 0.1) is 0 Å². The van der Waals surface area contributed by atoms with Crippen molar-refractivity contribution in [2.45, 2.75) is 25.3 Å². The summed E-state index contributed by atoms with van der Waals surface area (Å²) in [6.45, 7) is 0.326. The van der Waals surface area contributed by atoms with Crippen LogP contribution < -0.4 is 20.1 Å².